The Morgan fingerprint density at radius 2 is 2.27 bits per heavy atom. The number of benzene rings is 1. The Bertz CT molecular complexity index is 388. The average Bonchev–Trinajstić information content (AvgIpc) is 3.02. The molecule has 0 N–H and O–H groups in total. The van der Waals surface area contributed by atoms with Crippen molar-refractivity contribution in [3.63, 3.8) is 0 Å². The Kier molecular flexibility index (Phi) is 3.05. The second kappa shape index (κ2) is 4.31. The van der Waals surface area contributed by atoms with Gasteiger partial charge >= 0.3 is 0 Å². The maximum Gasteiger partial charge on any atom is 0.173 e. The van der Waals surface area contributed by atoms with Crippen molar-refractivity contribution in [1.82, 2.24) is 0 Å². The fourth-order valence-electron chi connectivity index (χ4n) is 1.26. The van der Waals surface area contributed by atoms with Gasteiger partial charge in [-0.15, -0.1) is 0 Å². The SMILES string of the molecule is O=C(COc1cc(Br)ccc1F)C1CC1. The van der Waals surface area contributed by atoms with Crippen molar-refractivity contribution in [2.45, 2.75) is 12.8 Å². The van der Waals surface area contributed by atoms with Gasteiger partial charge in [0.15, 0.2) is 17.3 Å². The summed E-state index contributed by atoms with van der Waals surface area (Å²) in [5.74, 6) is -0.102. The summed E-state index contributed by atoms with van der Waals surface area (Å²) < 4.78 is 19.0. The summed E-state index contributed by atoms with van der Waals surface area (Å²) in [7, 11) is 0. The zero-order chi connectivity index (χ0) is 10.8. The summed E-state index contributed by atoms with van der Waals surface area (Å²) in [6.07, 6.45) is 1.90. The molecule has 0 bridgehead atoms. The van der Waals surface area contributed by atoms with Crippen molar-refractivity contribution < 1.29 is 13.9 Å². The number of rotatable bonds is 4. The van der Waals surface area contributed by atoms with E-state index in [2.05, 4.69) is 15.9 Å². The standard InChI is InChI=1S/C11H10BrFO2/c12-8-3-4-9(13)11(5-8)15-6-10(14)7-1-2-7/h3-5,7H,1-2,6H2. The van der Waals surface area contributed by atoms with Crippen molar-refractivity contribution in [1.29, 1.82) is 0 Å². The number of hydrogen-bond acceptors (Lipinski definition) is 2. The summed E-state index contributed by atoms with van der Waals surface area (Å²) in [5, 5.41) is 0. The van der Waals surface area contributed by atoms with E-state index in [0.29, 0.717) is 0 Å². The number of ketones is 1. The van der Waals surface area contributed by atoms with Gasteiger partial charge in [0.05, 0.1) is 0 Å². The molecule has 0 spiro atoms. The van der Waals surface area contributed by atoms with Gasteiger partial charge in [0, 0.05) is 10.4 Å². The van der Waals surface area contributed by atoms with E-state index in [1.54, 1.807) is 6.07 Å². The second-order valence-electron chi connectivity index (χ2n) is 3.60. The van der Waals surface area contributed by atoms with Gasteiger partial charge in [-0.05, 0) is 31.0 Å². The van der Waals surface area contributed by atoms with Gasteiger partial charge in [0.2, 0.25) is 0 Å². The van der Waals surface area contributed by atoms with Crippen molar-refractivity contribution in [2.75, 3.05) is 6.61 Å². The topological polar surface area (TPSA) is 26.3 Å². The Hall–Kier alpha value is -0.900. The van der Waals surface area contributed by atoms with Gasteiger partial charge in [0.1, 0.15) is 6.61 Å². The first-order chi connectivity index (χ1) is 7.16. The van der Waals surface area contributed by atoms with E-state index < -0.39 is 5.82 Å². The third-order valence-corrected chi connectivity index (χ3v) is 2.79. The molecule has 0 radical (unpaired) electrons. The van der Waals surface area contributed by atoms with E-state index >= 15 is 0 Å². The Morgan fingerprint density at radius 3 is 2.93 bits per heavy atom. The van der Waals surface area contributed by atoms with Crippen LogP contribution >= 0.6 is 15.9 Å². The van der Waals surface area contributed by atoms with E-state index in [4.69, 9.17) is 4.74 Å². The van der Waals surface area contributed by atoms with Crippen molar-refractivity contribution in [3.05, 3.63) is 28.5 Å². The zero-order valence-corrected chi connectivity index (χ0v) is 9.59. The molecule has 0 saturated heterocycles. The third-order valence-electron chi connectivity index (χ3n) is 2.30. The van der Waals surface area contributed by atoms with Gasteiger partial charge in [-0.2, -0.15) is 0 Å². The van der Waals surface area contributed by atoms with Gasteiger partial charge in [0.25, 0.3) is 0 Å². The normalized spacial score (nSPS) is 15.1. The lowest BCUT2D eigenvalue weighted by Gasteiger charge is -2.06. The quantitative estimate of drug-likeness (QED) is 0.843. The minimum atomic E-state index is -0.443. The van der Waals surface area contributed by atoms with Crippen LogP contribution in [-0.4, -0.2) is 12.4 Å². The highest BCUT2D eigenvalue weighted by Crippen LogP contribution is 2.30. The third kappa shape index (κ3) is 2.78. The Balaban J connectivity index is 1.97. The Labute approximate surface area is 95.6 Å². The molecule has 0 heterocycles. The Morgan fingerprint density at radius 1 is 1.53 bits per heavy atom. The summed E-state index contributed by atoms with van der Waals surface area (Å²) >= 11 is 3.21. The highest BCUT2D eigenvalue weighted by Gasteiger charge is 2.29. The first-order valence-electron chi connectivity index (χ1n) is 4.77. The van der Waals surface area contributed by atoms with Gasteiger partial charge < -0.3 is 4.74 Å². The van der Waals surface area contributed by atoms with Crippen LogP contribution in [0.3, 0.4) is 0 Å². The number of halogens is 2. The lowest BCUT2D eigenvalue weighted by molar-refractivity contribution is -0.122. The molecule has 2 rings (SSSR count). The fraction of sp³-hybridized carbons (Fsp3) is 0.364. The van der Waals surface area contributed by atoms with Crippen LogP contribution in [-0.2, 0) is 4.79 Å². The highest BCUT2D eigenvalue weighted by atomic mass is 79.9. The molecule has 15 heavy (non-hydrogen) atoms. The molecule has 1 aliphatic rings. The average molecular weight is 273 g/mol. The number of carbonyl (C=O) groups excluding carboxylic acids is 1. The van der Waals surface area contributed by atoms with E-state index in [9.17, 15) is 9.18 Å². The second-order valence-corrected chi connectivity index (χ2v) is 4.52. The minimum Gasteiger partial charge on any atom is -0.483 e. The molecule has 0 amide bonds. The van der Waals surface area contributed by atoms with Crippen LogP contribution in [0.25, 0.3) is 0 Å². The molecule has 1 saturated carbocycles. The predicted molar refractivity (Wildman–Crippen MR) is 57.3 cm³/mol. The van der Waals surface area contributed by atoms with Crippen LogP contribution in [0.4, 0.5) is 4.39 Å². The molecule has 1 aliphatic carbocycles. The van der Waals surface area contributed by atoms with Gasteiger partial charge in [-0.25, -0.2) is 4.39 Å². The summed E-state index contributed by atoms with van der Waals surface area (Å²) in [6.45, 7) is -0.0297. The molecule has 1 aromatic rings. The van der Waals surface area contributed by atoms with Crippen LogP contribution in [0.15, 0.2) is 22.7 Å². The molecule has 0 unspecified atom stereocenters. The molecule has 2 nitrogen and oxygen atoms in total. The van der Waals surface area contributed by atoms with E-state index in [1.807, 2.05) is 0 Å². The molecule has 0 aliphatic heterocycles. The number of carbonyl (C=O) groups is 1. The first kappa shape index (κ1) is 10.6. The molecular formula is C11H10BrFO2. The summed E-state index contributed by atoms with van der Waals surface area (Å²) in [4.78, 5) is 11.3. The van der Waals surface area contributed by atoms with Crippen LogP contribution < -0.4 is 4.74 Å². The lowest BCUT2D eigenvalue weighted by atomic mass is 10.3. The molecular weight excluding hydrogens is 263 g/mol. The highest BCUT2D eigenvalue weighted by molar-refractivity contribution is 9.10. The van der Waals surface area contributed by atoms with E-state index in [-0.39, 0.29) is 24.1 Å². The maximum atomic E-state index is 13.2. The molecule has 1 aromatic carbocycles. The lowest BCUT2D eigenvalue weighted by Crippen LogP contribution is -2.13. The number of ether oxygens (including phenoxy) is 1. The smallest absolute Gasteiger partial charge is 0.173 e. The molecule has 80 valence electrons. The summed E-state index contributed by atoms with van der Waals surface area (Å²) in [5.41, 5.74) is 0. The van der Waals surface area contributed by atoms with Crippen LogP contribution in [0.5, 0.6) is 5.75 Å². The maximum absolute atomic E-state index is 13.2. The van der Waals surface area contributed by atoms with Crippen LogP contribution in [0, 0.1) is 11.7 Å². The molecule has 0 atom stereocenters. The van der Waals surface area contributed by atoms with Gasteiger partial charge in [-0.3, -0.25) is 4.79 Å². The van der Waals surface area contributed by atoms with Crippen molar-refractivity contribution >= 4 is 21.7 Å². The number of Topliss-reactive ketones (excluding diaryl/α,β-unsaturated/α-hetero) is 1. The van der Waals surface area contributed by atoms with E-state index in [1.165, 1.54) is 12.1 Å². The van der Waals surface area contributed by atoms with Crippen LogP contribution in [0.2, 0.25) is 0 Å². The first-order valence-corrected chi connectivity index (χ1v) is 5.56. The fourth-order valence-corrected chi connectivity index (χ4v) is 1.60. The minimum absolute atomic E-state index is 0.0297. The van der Waals surface area contributed by atoms with Gasteiger partial charge in [-0.1, -0.05) is 15.9 Å². The molecule has 1 fully saturated rings. The summed E-state index contributed by atoms with van der Waals surface area (Å²) in [6, 6.07) is 4.42. The van der Waals surface area contributed by atoms with Crippen molar-refractivity contribution in [2.24, 2.45) is 5.92 Å². The predicted octanol–water partition coefficient (Wildman–Crippen LogP) is 2.95. The molecule has 4 heteroatoms. The molecule has 0 aromatic heterocycles. The zero-order valence-electron chi connectivity index (χ0n) is 8.00. The largest absolute Gasteiger partial charge is 0.483 e. The van der Waals surface area contributed by atoms with E-state index in [0.717, 1.165) is 17.3 Å². The van der Waals surface area contributed by atoms with Crippen molar-refractivity contribution in [3.8, 4) is 5.75 Å². The number of hydrogen-bond donors (Lipinski definition) is 0. The monoisotopic (exact) mass is 272 g/mol. The van der Waals surface area contributed by atoms with Crippen LogP contribution in [0.1, 0.15) is 12.8 Å².